The molecule has 0 amide bonds. The van der Waals surface area contributed by atoms with Crippen molar-refractivity contribution in [3.63, 3.8) is 0 Å². The summed E-state index contributed by atoms with van der Waals surface area (Å²) >= 11 is 6.25. The van der Waals surface area contributed by atoms with E-state index >= 15 is 0 Å². The number of halogens is 1. The highest BCUT2D eigenvalue weighted by molar-refractivity contribution is 6.31. The van der Waals surface area contributed by atoms with Gasteiger partial charge in [-0.2, -0.15) is 0 Å². The van der Waals surface area contributed by atoms with Crippen molar-refractivity contribution in [2.24, 2.45) is 0 Å². The highest BCUT2D eigenvalue weighted by Crippen LogP contribution is 2.19. The number of benzene rings is 1. The normalized spacial score (nSPS) is 11.8. The summed E-state index contributed by atoms with van der Waals surface area (Å²) in [6.45, 7) is 12.3. The number of rotatable bonds is 13. The predicted octanol–water partition coefficient (Wildman–Crippen LogP) is 6.49. The van der Waals surface area contributed by atoms with Gasteiger partial charge in [-0.3, -0.25) is 0 Å². The first-order valence-electron chi connectivity index (χ1n) is 9.76. The Morgan fingerprint density at radius 3 is 2.00 bits per heavy atom. The second kappa shape index (κ2) is 11.9. The zero-order chi connectivity index (χ0) is 17.0. The van der Waals surface area contributed by atoms with Gasteiger partial charge in [-0.15, -0.1) is 0 Å². The van der Waals surface area contributed by atoms with Crippen LogP contribution in [0.1, 0.15) is 71.3 Å². The molecule has 1 aromatic rings. The second-order valence-corrected chi connectivity index (χ2v) is 7.29. The standard InChI is InChI=1S/C21H37ClN/c1-4-7-8-9-13-18-23(5-2,6-3)19-14-12-16-20-15-10-11-17-21(20)22/h10-11,15,17H,4-9,12-14,16,18-19H2,1-3H3/q+1. The molecule has 0 saturated carbocycles. The van der Waals surface area contributed by atoms with Gasteiger partial charge >= 0.3 is 0 Å². The van der Waals surface area contributed by atoms with Crippen molar-refractivity contribution in [2.45, 2.75) is 72.1 Å². The van der Waals surface area contributed by atoms with E-state index in [2.05, 4.69) is 32.9 Å². The summed E-state index contributed by atoms with van der Waals surface area (Å²) in [6.07, 6.45) is 10.6. The molecule has 0 atom stereocenters. The Labute approximate surface area is 149 Å². The minimum Gasteiger partial charge on any atom is -0.324 e. The van der Waals surface area contributed by atoms with Crippen molar-refractivity contribution in [3.05, 3.63) is 34.9 Å². The van der Waals surface area contributed by atoms with E-state index in [-0.39, 0.29) is 0 Å². The highest BCUT2D eigenvalue weighted by atomic mass is 35.5. The molecule has 0 bridgehead atoms. The summed E-state index contributed by atoms with van der Waals surface area (Å²) in [5, 5.41) is 0.926. The third kappa shape index (κ3) is 7.72. The minimum absolute atomic E-state index is 0.926. The van der Waals surface area contributed by atoms with Crippen molar-refractivity contribution < 1.29 is 4.48 Å². The van der Waals surface area contributed by atoms with Crippen LogP contribution >= 0.6 is 11.6 Å². The van der Waals surface area contributed by atoms with Crippen molar-refractivity contribution in [3.8, 4) is 0 Å². The molecule has 0 aliphatic rings. The summed E-state index contributed by atoms with van der Waals surface area (Å²) in [5.41, 5.74) is 1.31. The number of aryl methyl sites for hydroxylation is 1. The van der Waals surface area contributed by atoms with Gasteiger partial charge in [0.05, 0.1) is 26.2 Å². The highest BCUT2D eigenvalue weighted by Gasteiger charge is 2.21. The fraction of sp³-hybridized carbons (Fsp3) is 0.714. The Morgan fingerprint density at radius 2 is 1.39 bits per heavy atom. The van der Waals surface area contributed by atoms with Crippen molar-refractivity contribution >= 4 is 11.6 Å². The first-order valence-corrected chi connectivity index (χ1v) is 10.1. The Bertz CT molecular complexity index is 412. The molecule has 23 heavy (non-hydrogen) atoms. The molecule has 0 unspecified atom stereocenters. The SMILES string of the molecule is CCCCCCC[N+](CC)(CC)CCCCc1ccccc1Cl. The van der Waals surface area contributed by atoms with E-state index in [9.17, 15) is 0 Å². The largest absolute Gasteiger partial charge is 0.324 e. The van der Waals surface area contributed by atoms with Crippen molar-refractivity contribution in [1.82, 2.24) is 0 Å². The summed E-state index contributed by atoms with van der Waals surface area (Å²) in [5.74, 6) is 0. The molecule has 1 aromatic carbocycles. The Kier molecular flexibility index (Phi) is 10.6. The van der Waals surface area contributed by atoms with Gasteiger partial charge in [0, 0.05) is 5.02 Å². The van der Waals surface area contributed by atoms with E-state index in [0.717, 1.165) is 11.4 Å². The zero-order valence-corrected chi connectivity index (χ0v) is 16.4. The lowest BCUT2D eigenvalue weighted by Crippen LogP contribution is -2.49. The van der Waals surface area contributed by atoms with Crippen LogP contribution in [-0.2, 0) is 6.42 Å². The molecule has 0 fully saturated rings. The third-order valence-corrected chi connectivity index (χ3v) is 5.73. The molecule has 0 radical (unpaired) electrons. The van der Waals surface area contributed by atoms with E-state index in [0.29, 0.717) is 0 Å². The molecule has 0 aliphatic heterocycles. The quantitative estimate of drug-likeness (QED) is 0.285. The fourth-order valence-corrected chi connectivity index (χ4v) is 3.71. The molecule has 2 heteroatoms. The van der Waals surface area contributed by atoms with Gasteiger partial charge in [0.2, 0.25) is 0 Å². The molecule has 132 valence electrons. The minimum atomic E-state index is 0.926. The van der Waals surface area contributed by atoms with Crippen LogP contribution in [0.3, 0.4) is 0 Å². The van der Waals surface area contributed by atoms with E-state index in [1.807, 2.05) is 12.1 Å². The number of unbranched alkanes of at least 4 members (excludes halogenated alkanes) is 5. The maximum atomic E-state index is 6.25. The average molecular weight is 339 g/mol. The molecule has 0 heterocycles. The fourth-order valence-electron chi connectivity index (χ4n) is 3.48. The summed E-state index contributed by atoms with van der Waals surface area (Å²) < 4.78 is 1.30. The molecule has 0 aliphatic carbocycles. The third-order valence-electron chi connectivity index (χ3n) is 5.36. The molecule has 0 saturated heterocycles. The van der Waals surface area contributed by atoms with E-state index in [1.165, 1.54) is 81.2 Å². The first-order chi connectivity index (χ1) is 11.2. The van der Waals surface area contributed by atoms with Crippen molar-refractivity contribution in [2.75, 3.05) is 26.2 Å². The summed E-state index contributed by atoms with van der Waals surface area (Å²) in [7, 11) is 0. The lowest BCUT2D eigenvalue weighted by Gasteiger charge is -2.37. The Hall–Kier alpha value is -0.530. The maximum Gasteiger partial charge on any atom is 0.0786 e. The first kappa shape index (κ1) is 20.5. The van der Waals surface area contributed by atoms with Crippen LogP contribution < -0.4 is 0 Å². The van der Waals surface area contributed by atoms with Crippen LogP contribution in [0.2, 0.25) is 5.02 Å². The topological polar surface area (TPSA) is 0 Å². The maximum absolute atomic E-state index is 6.25. The molecule has 1 rings (SSSR count). The second-order valence-electron chi connectivity index (χ2n) is 6.88. The van der Waals surface area contributed by atoms with E-state index in [4.69, 9.17) is 11.6 Å². The smallest absolute Gasteiger partial charge is 0.0786 e. The molecule has 0 N–H and O–H groups in total. The van der Waals surface area contributed by atoms with Crippen LogP contribution in [-0.4, -0.2) is 30.7 Å². The molecular weight excluding hydrogens is 302 g/mol. The van der Waals surface area contributed by atoms with Gasteiger partial charge in [-0.1, -0.05) is 56.0 Å². The van der Waals surface area contributed by atoms with Gasteiger partial charge < -0.3 is 4.48 Å². The van der Waals surface area contributed by atoms with Crippen molar-refractivity contribution in [1.29, 1.82) is 0 Å². The van der Waals surface area contributed by atoms with Crippen LogP contribution in [0.5, 0.6) is 0 Å². The number of hydrogen-bond acceptors (Lipinski definition) is 0. The molecule has 0 aromatic heterocycles. The zero-order valence-electron chi connectivity index (χ0n) is 15.6. The lowest BCUT2D eigenvalue weighted by atomic mass is 10.1. The lowest BCUT2D eigenvalue weighted by molar-refractivity contribution is -0.925. The number of nitrogens with zero attached hydrogens (tertiary/aromatic N) is 1. The van der Waals surface area contributed by atoms with Crippen LogP contribution in [0.15, 0.2) is 24.3 Å². The van der Waals surface area contributed by atoms with E-state index in [1.54, 1.807) is 0 Å². The summed E-state index contributed by atoms with van der Waals surface area (Å²) in [4.78, 5) is 0. The molecular formula is C21H37ClN+. The summed E-state index contributed by atoms with van der Waals surface area (Å²) in [6, 6.07) is 8.28. The Balaban J connectivity index is 2.32. The van der Waals surface area contributed by atoms with E-state index < -0.39 is 0 Å². The van der Waals surface area contributed by atoms with Crippen LogP contribution in [0, 0.1) is 0 Å². The average Bonchev–Trinajstić information content (AvgIpc) is 2.58. The number of quaternary nitrogens is 1. The Morgan fingerprint density at radius 1 is 0.783 bits per heavy atom. The molecule has 0 spiro atoms. The van der Waals surface area contributed by atoms with Gasteiger partial charge in [0.25, 0.3) is 0 Å². The van der Waals surface area contributed by atoms with Crippen LogP contribution in [0.25, 0.3) is 0 Å². The van der Waals surface area contributed by atoms with Crippen LogP contribution in [0.4, 0.5) is 0 Å². The predicted molar refractivity (Wildman–Crippen MR) is 104 cm³/mol. The van der Waals surface area contributed by atoms with Gasteiger partial charge in [-0.05, 0) is 57.6 Å². The van der Waals surface area contributed by atoms with Gasteiger partial charge in [0.15, 0.2) is 0 Å². The van der Waals surface area contributed by atoms with Gasteiger partial charge in [0.1, 0.15) is 0 Å². The number of hydrogen-bond donors (Lipinski definition) is 0. The monoisotopic (exact) mass is 338 g/mol. The van der Waals surface area contributed by atoms with Gasteiger partial charge in [-0.25, -0.2) is 0 Å². The molecule has 1 nitrogen and oxygen atoms in total.